The van der Waals surface area contributed by atoms with Crippen LogP contribution in [-0.4, -0.2) is 19.8 Å². The largest absolute Gasteiger partial charge is 0.494 e. The molecule has 0 saturated carbocycles. The minimum absolute atomic E-state index is 0.631. The molecule has 0 heterocycles. The maximum absolute atomic E-state index is 5.86. The van der Waals surface area contributed by atoms with Gasteiger partial charge in [-0.1, -0.05) is 56.4 Å². The Morgan fingerprint density at radius 2 is 1.69 bits per heavy atom. The van der Waals surface area contributed by atoms with Crippen LogP contribution in [0.1, 0.15) is 50.2 Å². The van der Waals surface area contributed by atoms with Gasteiger partial charge in [0.05, 0.1) is 6.61 Å². The van der Waals surface area contributed by atoms with Crippen molar-refractivity contribution in [2.45, 2.75) is 52.9 Å². The van der Waals surface area contributed by atoms with Crippen molar-refractivity contribution in [3.8, 4) is 11.5 Å². The third-order valence-corrected chi connectivity index (χ3v) is 4.37. The normalized spacial score (nSPS) is 10.6. The molecule has 0 aliphatic heterocycles. The third kappa shape index (κ3) is 7.38. The van der Waals surface area contributed by atoms with Crippen LogP contribution in [-0.2, 0) is 0 Å². The summed E-state index contributed by atoms with van der Waals surface area (Å²) in [6.45, 7) is 8.60. The molecule has 0 unspecified atom stereocenters. The van der Waals surface area contributed by atoms with E-state index in [0.717, 1.165) is 36.8 Å². The lowest BCUT2D eigenvalue weighted by Gasteiger charge is -2.12. The Labute approximate surface area is 158 Å². The summed E-state index contributed by atoms with van der Waals surface area (Å²) in [5.41, 5.74) is 3.51. The van der Waals surface area contributed by atoms with Crippen molar-refractivity contribution < 1.29 is 9.47 Å². The minimum Gasteiger partial charge on any atom is -0.494 e. The summed E-state index contributed by atoms with van der Waals surface area (Å²) < 4.78 is 11.7. The van der Waals surface area contributed by atoms with Gasteiger partial charge in [-0.15, -0.1) is 0 Å². The van der Waals surface area contributed by atoms with Gasteiger partial charge in [0.15, 0.2) is 0 Å². The highest BCUT2D eigenvalue weighted by Gasteiger charge is 2.00. The van der Waals surface area contributed by atoms with E-state index in [2.05, 4.69) is 50.4 Å². The Morgan fingerprint density at radius 3 is 2.50 bits per heavy atom. The maximum Gasteiger partial charge on any atom is 0.122 e. The van der Waals surface area contributed by atoms with Crippen molar-refractivity contribution in [2.24, 2.45) is 0 Å². The number of ether oxygens (including phenoxy) is 2. The van der Waals surface area contributed by atoms with E-state index in [1.165, 1.54) is 36.8 Å². The third-order valence-electron chi connectivity index (χ3n) is 4.37. The smallest absolute Gasteiger partial charge is 0.122 e. The lowest BCUT2D eigenvalue weighted by molar-refractivity contribution is 0.304. The van der Waals surface area contributed by atoms with Crippen molar-refractivity contribution in [3.63, 3.8) is 0 Å². The Bertz CT molecular complexity index is 654. The van der Waals surface area contributed by atoms with Crippen molar-refractivity contribution in [2.75, 3.05) is 25.1 Å². The molecule has 2 rings (SSSR count). The fourth-order valence-electron chi connectivity index (χ4n) is 2.91. The van der Waals surface area contributed by atoms with E-state index in [1.807, 2.05) is 18.2 Å². The van der Waals surface area contributed by atoms with Crippen LogP contribution < -0.4 is 14.8 Å². The number of aryl methyl sites for hydroxylation is 2. The SMILES string of the molecule is CCCCCCCOc1cccc(NCCOc2ccc(C)cc2C)c1. The molecule has 0 fully saturated rings. The molecule has 0 atom stereocenters. The van der Waals surface area contributed by atoms with E-state index in [-0.39, 0.29) is 0 Å². The van der Waals surface area contributed by atoms with Gasteiger partial charge in [-0.3, -0.25) is 0 Å². The van der Waals surface area contributed by atoms with Gasteiger partial charge in [-0.05, 0) is 44.0 Å². The standard InChI is InChI=1S/C23H33NO2/c1-4-5-6-7-8-15-25-22-11-9-10-21(18-22)24-14-16-26-23-13-12-19(2)17-20(23)3/h9-13,17-18,24H,4-8,14-16H2,1-3H3. The first-order valence-corrected chi connectivity index (χ1v) is 9.86. The average Bonchev–Trinajstić information content (AvgIpc) is 2.63. The molecule has 142 valence electrons. The summed E-state index contributed by atoms with van der Waals surface area (Å²) in [5, 5.41) is 3.40. The molecule has 0 amide bonds. The van der Waals surface area contributed by atoms with Gasteiger partial charge in [0.25, 0.3) is 0 Å². The number of rotatable bonds is 12. The zero-order valence-electron chi connectivity index (χ0n) is 16.5. The molecule has 3 heteroatoms. The molecule has 0 saturated heterocycles. The summed E-state index contributed by atoms with van der Waals surface area (Å²) in [7, 11) is 0. The van der Waals surface area contributed by atoms with Crippen LogP contribution in [0.4, 0.5) is 5.69 Å². The van der Waals surface area contributed by atoms with E-state index in [9.17, 15) is 0 Å². The predicted molar refractivity (Wildman–Crippen MR) is 111 cm³/mol. The van der Waals surface area contributed by atoms with Crippen LogP contribution >= 0.6 is 0 Å². The molecule has 0 aliphatic rings. The zero-order valence-corrected chi connectivity index (χ0v) is 16.5. The summed E-state index contributed by atoms with van der Waals surface area (Å²) in [6, 6.07) is 14.4. The molecule has 1 N–H and O–H groups in total. The second-order valence-electron chi connectivity index (χ2n) is 6.83. The lowest BCUT2D eigenvalue weighted by atomic mass is 10.1. The quantitative estimate of drug-likeness (QED) is 0.464. The van der Waals surface area contributed by atoms with Crippen molar-refractivity contribution >= 4 is 5.69 Å². The van der Waals surface area contributed by atoms with Crippen LogP contribution in [0.5, 0.6) is 11.5 Å². The minimum atomic E-state index is 0.631. The van der Waals surface area contributed by atoms with Crippen LogP contribution in [0, 0.1) is 13.8 Å². The molecular weight excluding hydrogens is 322 g/mol. The molecular formula is C23H33NO2. The first kappa shape index (κ1) is 20.2. The predicted octanol–water partition coefficient (Wildman–Crippen LogP) is 6.14. The van der Waals surface area contributed by atoms with E-state index in [1.54, 1.807) is 0 Å². The topological polar surface area (TPSA) is 30.5 Å². The Morgan fingerprint density at radius 1 is 0.846 bits per heavy atom. The van der Waals surface area contributed by atoms with E-state index in [4.69, 9.17) is 9.47 Å². The summed E-state index contributed by atoms with van der Waals surface area (Å²) in [4.78, 5) is 0. The molecule has 0 aliphatic carbocycles. The van der Waals surface area contributed by atoms with Gasteiger partial charge in [0.1, 0.15) is 18.1 Å². The van der Waals surface area contributed by atoms with E-state index < -0.39 is 0 Å². The van der Waals surface area contributed by atoms with Gasteiger partial charge in [-0.2, -0.15) is 0 Å². The fraction of sp³-hybridized carbons (Fsp3) is 0.478. The molecule has 3 nitrogen and oxygen atoms in total. The summed E-state index contributed by atoms with van der Waals surface area (Å²) >= 11 is 0. The van der Waals surface area contributed by atoms with Crippen LogP contribution in [0.25, 0.3) is 0 Å². The Hall–Kier alpha value is -2.16. The highest BCUT2D eigenvalue weighted by molar-refractivity contribution is 5.48. The number of benzene rings is 2. The molecule has 26 heavy (non-hydrogen) atoms. The highest BCUT2D eigenvalue weighted by atomic mass is 16.5. The molecule has 0 bridgehead atoms. The first-order valence-electron chi connectivity index (χ1n) is 9.86. The maximum atomic E-state index is 5.86. The number of anilines is 1. The van der Waals surface area contributed by atoms with Gasteiger partial charge in [0, 0.05) is 18.3 Å². The lowest BCUT2D eigenvalue weighted by Crippen LogP contribution is -2.12. The van der Waals surface area contributed by atoms with Crippen molar-refractivity contribution in [1.82, 2.24) is 0 Å². The van der Waals surface area contributed by atoms with E-state index in [0.29, 0.717) is 6.61 Å². The second-order valence-corrected chi connectivity index (χ2v) is 6.83. The molecule has 2 aromatic carbocycles. The number of hydrogen-bond donors (Lipinski definition) is 1. The van der Waals surface area contributed by atoms with Crippen molar-refractivity contribution in [3.05, 3.63) is 53.6 Å². The summed E-state index contributed by atoms with van der Waals surface area (Å²) in [5.74, 6) is 1.89. The monoisotopic (exact) mass is 355 g/mol. The number of hydrogen-bond acceptors (Lipinski definition) is 3. The van der Waals surface area contributed by atoms with Crippen LogP contribution in [0.2, 0.25) is 0 Å². The molecule has 0 spiro atoms. The number of unbranched alkanes of at least 4 members (excludes halogenated alkanes) is 4. The van der Waals surface area contributed by atoms with Gasteiger partial charge < -0.3 is 14.8 Å². The second kappa shape index (κ2) is 11.5. The average molecular weight is 356 g/mol. The van der Waals surface area contributed by atoms with E-state index >= 15 is 0 Å². The molecule has 0 aromatic heterocycles. The highest BCUT2D eigenvalue weighted by Crippen LogP contribution is 2.19. The Balaban J connectivity index is 1.67. The molecule has 0 radical (unpaired) electrons. The fourth-order valence-corrected chi connectivity index (χ4v) is 2.91. The molecule has 2 aromatic rings. The van der Waals surface area contributed by atoms with Gasteiger partial charge in [-0.25, -0.2) is 0 Å². The van der Waals surface area contributed by atoms with Crippen LogP contribution in [0.15, 0.2) is 42.5 Å². The van der Waals surface area contributed by atoms with Gasteiger partial charge in [0.2, 0.25) is 0 Å². The van der Waals surface area contributed by atoms with Crippen molar-refractivity contribution in [1.29, 1.82) is 0 Å². The van der Waals surface area contributed by atoms with Crippen LogP contribution in [0.3, 0.4) is 0 Å². The van der Waals surface area contributed by atoms with Gasteiger partial charge >= 0.3 is 0 Å². The first-order chi connectivity index (χ1) is 12.7. The number of nitrogens with one attached hydrogen (secondary N) is 1. The zero-order chi connectivity index (χ0) is 18.6. The Kier molecular flexibility index (Phi) is 8.88. The summed E-state index contributed by atoms with van der Waals surface area (Å²) in [6.07, 6.45) is 6.29.